The van der Waals surface area contributed by atoms with Crippen molar-refractivity contribution in [1.29, 1.82) is 0 Å². The highest BCUT2D eigenvalue weighted by atomic mass is 32.2. The lowest BCUT2D eigenvalue weighted by Gasteiger charge is -2.33. The monoisotopic (exact) mass is 478 g/mol. The number of thiophene rings is 1. The number of sulfonamides is 1. The first-order valence-electron chi connectivity index (χ1n) is 10.8. The molecule has 1 fully saturated rings. The average Bonchev–Trinajstić information content (AvgIpc) is 3.24. The SMILES string of the molecule is CCCOc1ccc(/C=C/C(=O)N2CCN(S(=O)(=O)c3ccc(C)s3)CC2)cc1OCC. The van der Waals surface area contributed by atoms with Crippen molar-refractivity contribution >= 4 is 33.3 Å². The van der Waals surface area contributed by atoms with E-state index in [4.69, 9.17) is 9.47 Å². The third-order valence-electron chi connectivity index (χ3n) is 5.01. The Labute approximate surface area is 194 Å². The number of piperazine rings is 1. The molecule has 0 radical (unpaired) electrons. The maximum absolute atomic E-state index is 12.8. The van der Waals surface area contributed by atoms with Crippen LogP contribution in [0.4, 0.5) is 0 Å². The Morgan fingerprint density at radius 1 is 1.06 bits per heavy atom. The standard InChI is InChI=1S/C23H30N2O5S2/c1-4-16-30-20-9-7-19(17-21(20)29-5-2)8-10-22(26)24-12-14-25(15-13-24)32(27,28)23-11-6-18(3)31-23/h6-11,17H,4-5,12-16H2,1-3H3/b10-8+. The van der Waals surface area contributed by atoms with Crippen LogP contribution in [0.25, 0.3) is 6.08 Å². The zero-order valence-electron chi connectivity index (χ0n) is 18.7. The molecule has 9 heteroatoms. The van der Waals surface area contributed by atoms with Crippen molar-refractivity contribution in [2.45, 2.75) is 31.4 Å². The van der Waals surface area contributed by atoms with E-state index in [0.29, 0.717) is 42.0 Å². The number of ether oxygens (including phenoxy) is 2. The maximum Gasteiger partial charge on any atom is 0.252 e. The van der Waals surface area contributed by atoms with E-state index in [9.17, 15) is 13.2 Å². The number of amides is 1. The molecule has 32 heavy (non-hydrogen) atoms. The first-order valence-corrected chi connectivity index (χ1v) is 13.0. The highest BCUT2D eigenvalue weighted by Crippen LogP contribution is 2.29. The number of aryl methyl sites for hydroxylation is 1. The lowest BCUT2D eigenvalue weighted by atomic mass is 10.2. The second-order valence-electron chi connectivity index (χ2n) is 7.42. The van der Waals surface area contributed by atoms with Crippen molar-refractivity contribution in [3.05, 3.63) is 46.8 Å². The van der Waals surface area contributed by atoms with Crippen LogP contribution in [0.1, 0.15) is 30.7 Å². The van der Waals surface area contributed by atoms with Gasteiger partial charge in [-0.2, -0.15) is 4.31 Å². The molecule has 0 unspecified atom stereocenters. The van der Waals surface area contributed by atoms with Crippen LogP contribution >= 0.6 is 11.3 Å². The molecule has 1 saturated heterocycles. The van der Waals surface area contributed by atoms with Crippen molar-refractivity contribution < 1.29 is 22.7 Å². The van der Waals surface area contributed by atoms with E-state index in [1.165, 1.54) is 21.7 Å². The highest BCUT2D eigenvalue weighted by Gasteiger charge is 2.30. The zero-order chi connectivity index (χ0) is 23.1. The molecule has 0 bridgehead atoms. The fourth-order valence-electron chi connectivity index (χ4n) is 3.33. The Morgan fingerprint density at radius 2 is 1.81 bits per heavy atom. The minimum absolute atomic E-state index is 0.140. The van der Waals surface area contributed by atoms with Crippen LogP contribution in [0.15, 0.2) is 40.6 Å². The van der Waals surface area contributed by atoms with E-state index in [1.54, 1.807) is 17.0 Å². The maximum atomic E-state index is 12.8. The molecule has 0 spiro atoms. The minimum Gasteiger partial charge on any atom is -0.490 e. The van der Waals surface area contributed by atoms with E-state index in [-0.39, 0.29) is 19.0 Å². The Bertz CT molecular complexity index is 1050. The van der Waals surface area contributed by atoms with Gasteiger partial charge in [0, 0.05) is 37.1 Å². The van der Waals surface area contributed by atoms with Crippen LogP contribution in [0, 0.1) is 6.92 Å². The van der Waals surface area contributed by atoms with Gasteiger partial charge < -0.3 is 14.4 Å². The quantitative estimate of drug-likeness (QED) is 0.513. The van der Waals surface area contributed by atoms with Gasteiger partial charge in [-0.1, -0.05) is 13.0 Å². The lowest BCUT2D eigenvalue weighted by molar-refractivity contribution is -0.127. The molecule has 0 atom stereocenters. The number of benzene rings is 1. The number of rotatable bonds is 9. The average molecular weight is 479 g/mol. The van der Waals surface area contributed by atoms with E-state index in [0.717, 1.165) is 16.9 Å². The fraction of sp³-hybridized carbons (Fsp3) is 0.435. The van der Waals surface area contributed by atoms with Crippen molar-refractivity contribution in [3.63, 3.8) is 0 Å². The molecule has 0 aliphatic carbocycles. The van der Waals surface area contributed by atoms with Gasteiger partial charge in [0.1, 0.15) is 4.21 Å². The Morgan fingerprint density at radius 3 is 2.44 bits per heavy atom. The molecule has 1 aliphatic rings. The summed E-state index contributed by atoms with van der Waals surface area (Å²) in [7, 11) is -3.50. The van der Waals surface area contributed by atoms with Gasteiger partial charge >= 0.3 is 0 Å². The van der Waals surface area contributed by atoms with Gasteiger partial charge in [-0.3, -0.25) is 4.79 Å². The van der Waals surface area contributed by atoms with E-state index in [2.05, 4.69) is 0 Å². The van der Waals surface area contributed by atoms with E-state index >= 15 is 0 Å². The molecule has 1 aromatic heterocycles. The smallest absolute Gasteiger partial charge is 0.252 e. The number of carbonyl (C=O) groups is 1. The molecule has 7 nitrogen and oxygen atoms in total. The number of hydrogen-bond acceptors (Lipinski definition) is 6. The van der Waals surface area contributed by atoms with Gasteiger partial charge in [-0.05, 0) is 56.2 Å². The van der Waals surface area contributed by atoms with Crippen LogP contribution < -0.4 is 9.47 Å². The number of hydrogen-bond donors (Lipinski definition) is 0. The van der Waals surface area contributed by atoms with Crippen LogP contribution in [-0.4, -0.2) is 62.9 Å². The third-order valence-corrected chi connectivity index (χ3v) is 8.37. The summed E-state index contributed by atoms with van der Waals surface area (Å²) in [6.45, 7) is 8.27. The second kappa shape index (κ2) is 11.0. The Hall–Kier alpha value is -2.36. The van der Waals surface area contributed by atoms with Crippen molar-refractivity contribution in [3.8, 4) is 11.5 Å². The molecule has 3 rings (SSSR count). The van der Waals surface area contributed by atoms with Crippen molar-refractivity contribution in [1.82, 2.24) is 9.21 Å². The summed E-state index contributed by atoms with van der Waals surface area (Å²) in [6, 6.07) is 9.03. The summed E-state index contributed by atoms with van der Waals surface area (Å²) in [5, 5.41) is 0. The summed E-state index contributed by atoms with van der Waals surface area (Å²) >= 11 is 1.27. The summed E-state index contributed by atoms with van der Waals surface area (Å²) in [5.74, 6) is 1.20. The third kappa shape index (κ3) is 5.90. The van der Waals surface area contributed by atoms with Crippen molar-refractivity contribution in [2.75, 3.05) is 39.4 Å². The molecule has 1 aromatic carbocycles. The fourth-order valence-corrected chi connectivity index (χ4v) is 6.19. The van der Waals surface area contributed by atoms with Crippen LogP contribution in [0.3, 0.4) is 0 Å². The molecule has 0 saturated carbocycles. The highest BCUT2D eigenvalue weighted by molar-refractivity contribution is 7.91. The molecular formula is C23H30N2O5S2. The van der Waals surface area contributed by atoms with Crippen LogP contribution in [0.2, 0.25) is 0 Å². The van der Waals surface area contributed by atoms with E-state index in [1.807, 2.05) is 45.0 Å². The predicted octanol–water partition coefficient (Wildman–Crippen LogP) is 3.79. The Balaban J connectivity index is 1.60. The Kier molecular flexibility index (Phi) is 8.33. The molecule has 1 amide bonds. The second-order valence-corrected chi connectivity index (χ2v) is 10.9. The molecule has 2 aromatic rings. The topological polar surface area (TPSA) is 76.2 Å². The molecule has 2 heterocycles. The summed E-state index contributed by atoms with van der Waals surface area (Å²) in [5.41, 5.74) is 0.833. The van der Waals surface area contributed by atoms with Gasteiger partial charge in [0.05, 0.1) is 13.2 Å². The number of carbonyl (C=O) groups excluding carboxylic acids is 1. The summed E-state index contributed by atoms with van der Waals surface area (Å²) in [6.07, 6.45) is 4.17. The first kappa shape index (κ1) is 24.3. The number of nitrogens with zero attached hydrogens (tertiary/aromatic N) is 2. The van der Waals surface area contributed by atoms with Crippen LogP contribution in [-0.2, 0) is 14.8 Å². The largest absolute Gasteiger partial charge is 0.490 e. The summed E-state index contributed by atoms with van der Waals surface area (Å²) in [4.78, 5) is 15.3. The lowest BCUT2D eigenvalue weighted by Crippen LogP contribution is -2.50. The molecule has 174 valence electrons. The predicted molar refractivity (Wildman–Crippen MR) is 127 cm³/mol. The summed E-state index contributed by atoms with van der Waals surface area (Å²) < 4.78 is 38.7. The van der Waals surface area contributed by atoms with Crippen LogP contribution in [0.5, 0.6) is 11.5 Å². The van der Waals surface area contributed by atoms with E-state index < -0.39 is 10.0 Å². The first-order chi connectivity index (χ1) is 15.3. The molecular weight excluding hydrogens is 448 g/mol. The van der Waals surface area contributed by atoms with Gasteiger partial charge in [0.15, 0.2) is 11.5 Å². The van der Waals surface area contributed by atoms with Gasteiger partial charge in [0.25, 0.3) is 10.0 Å². The minimum atomic E-state index is -3.50. The van der Waals surface area contributed by atoms with Gasteiger partial charge in [-0.15, -0.1) is 11.3 Å². The zero-order valence-corrected chi connectivity index (χ0v) is 20.4. The molecule has 1 aliphatic heterocycles. The molecule has 0 N–H and O–H groups in total. The van der Waals surface area contributed by atoms with Gasteiger partial charge in [0.2, 0.25) is 5.91 Å². The van der Waals surface area contributed by atoms with Crippen molar-refractivity contribution in [2.24, 2.45) is 0 Å². The van der Waals surface area contributed by atoms with Gasteiger partial charge in [-0.25, -0.2) is 8.42 Å². The normalized spacial score (nSPS) is 15.3.